The molecule has 0 aliphatic heterocycles. The van der Waals surface area contributed by atoms with Crippen LogP contribution >= 0.6 is 0 Å². The fraction of sp³-hybridized carbons (Fsp3) is 0.289. The average Bonchev–Trinajstić information content (AvgIpc) is 3.68. The van der Waals surface area contributed by atoms with E-state index in [-0.39, 0.29) is 50.0 Å². The van der Waals surface area contributed by atoms with Gasteiger partial charge in [-0.2, -0.15) is 0 Å². The van der Waals surface area contributed by atoms with E-state index in [1.54, 1.807) is 45.0 Å². The zero-order valence-corrected chi connectivity index (χ0v) is 29.3. The van der Waals surface area contributed by atoms with Gasteiger partial charge in [-0.3, -0.25) is 14.4 Å². The van der Waals surface area contributed by atoms with E-state index in [4.69, 9.17) is 14.2 Å². The van der Waals surface area contributed by atoms with Gasteiger partial charge in [-0.15, -0.1) is 0 Å². The number of esters is 1. The highest BCUT2D eigenvalue weighted by molar-refractivity contribution is 6.06. The Bertz CT molecular complexity index is 2060. The zero-order chi connectivity index (χ0) is 36.8. The second kappa shape index (κ2) is 15.3. The molecule has 2 heterocycles. The molecule has 0 bridgehead atoms. The highest BCUT2D eigenvalue weighted by Crippen LogP contribution is 2.44. The Morgan fingerprint density at radius 2 is 1.56 bits per heavy atom. The van der Waals surface area contributed by atoms with Gasteiger partial charge in [0.05, 0.1) is 13.4 Å². The van der Waals surface area contributed by atoms with E-state index in [2.05, 4.69) is 37.7 Å². The standard InChI is InChI=1S/C38H39N7O7/c1-38(2,3)52-32(47)20-44(18-17-39-37(49)51-21-30-28-11-7-5-9-26(28)27-10-6-8-12-29(27)30)31(46)19-45-23-42-33-34(40-22-41-35(33)45)43-36(48)24-13-15-25(50-4)16-14-24/h5-16,22-23,30H,17-21H2,1-4H3,(H,39,49)(H,40,41,43,48). The van der Waals surface area contributed by atoms with Gasteiger partial charge in [0.15, 0.2) is 17.0 Å². The summed E-state index contributed by atoms with van der Waals surface area (Å²) in [6, 6.07) is 22.7. The molecule has 2 aromatic heterocycles. The van der Waals surface area contributed by atoms with E-state index in [1.807, 2.05) is 36.4 Å². The molecule has 52 heavy (non-hydrogen) atoms. The Morgan fingerprint density at radius 1 is 0.885 bits per heavy atom. The van der Waals surface area contributed by atoms with E-state index >= 15 is 0 Å². The molecule has 0 spiro atoms. The van der Waals surface area contributed by atoms with Crippen LogP contribution in [0.5, 0.6) is 5.75 Å². The second-order valence-electron chi connectivity index (χ2n) is 13.1. The number of carbonyl (C=O) groups excluding carboxylic acids is 4. The Labute approximate surface area is 300 Å². The van der Waals surface area contributed by atoms with Gasteiger partial charge in [-0.1, -0.05) is 48.5 Å². The number of imidazole rings is 1. The predicted molar refractivity (Wildman–Crippen MR) is 192 cm³/mol. The SMILES string of the molecule is COc1ccc(C(=O)Nc2ncnc3c2ncn3CC(=O)N(CCNC(=O)OCC2c3ccccc3-c3ccccc32)CC(=O)OC(C)(C)C)cc1. The zero-order valence-electron chi connectivity index (χ0n) is 29.3. The minimum absolute atomic E-state index is 0.00689. The fourth-order valence-electron chi connectivity index (χ4n) is 6.02. The van der Waals surface area contributed by atoms with Gasteiger partial charge >= 0.3 is 12.1 Å². The largest absolute Gasteiger partial charge is 0.497 e. The minimum Gasteiger partial charge on any atom is -0.497 e. The third kappa shape index (κ3) is 8.18. The van der Waals surface area contributed by atoms with Gasteiger partial charge in [0, 0.05) is 24.6 Å². The smallest absolute Gasteiger partial charge is 0.407 e. The van der Waals surface area contributed by atoms with Crippen molar-refractivity contribution in [3.05, 3.63) is 102 Å². The van der Waals surface area contributed by atoms with Crippen molar-refractivity contribution >= 4 is 40.9 Å². The van der Waals surface area contributed by atoms with Crippen molar-refractivity contribution < 1.29 is 33.4 Å². The van der Waals surface area contributed by atoms with Crippen molar-refractivity contribution in [2.45, 2.75) is 38.8 Å². The van der Waals surface area contributed by atoms with Crippen molar-refractivity contribution in [2.24, 2.45) is 0 Å². The lowest BCUT2D eigenvalue weighted by atomic mass is 9.98. The van der Waals surface area contributed by atoms with Crippen LogP contribution in [0, 0.1) is 0 Å². The number of methoxy groups -OCH3 is 1. The van der Waals surface area contributed by atoms with Crippen molar-refractivity contribution in [1.29, 1.82) is 0 Å². The van der Waals surface area contributed by atoms with E-state index in [0.717, 1.165) is 22.3 Å². The van der Waals surface area contributed by atoms with Crippen LogP contribution in [0.1, 0.15) is 48.2 Å². The van der Waals surface area contributed by atoms with Crippen molar-refractivity contribution in [2.75, 3.05) is 38.7 Å². The number of nitrogens with one attached hydrogen (secondary N) is 2. The van der Waals surface area contributed by atoms with Crippen LogP contribution in [0.15, 0.2) is 85.5 Å². The normalized spacial score (nSPS) is 12.1. The van der Waals surface area contributed by atoms with Gasteiger partial charge < -0.3 is 34.3 Å². The third-order valence-electron chi connectivity index (χ3n) is 8.38. The van der Waals surface area contributed by atoms with Crippen LogP contribution in [-0.2, 0) is 25.6 Å². The summed E-state index contributed by atoms with van der Waals surface area (Å²) in [5.74, 6) is -0.812. The predicted octanol–water partition coefficient (Wildman–Crippen LogP) is 4.80. The molecule has 1 aliphatic rings. The number of aromatic nitrogens is 4. The average molecular weight is 706 g/mol. The first kappa shape index (κ1) is 35.5. The van der Waals surface area contributed by atoms with Gasteiger partial charge in [-0.05, 0) is 67.3 Å². The molecule has 6 rings (SSSR count). The van der Waals surface area contributed by atoms with Gasteiger partial charge in [0.2, 0.25) is 5.91 Å². The molecular weight excluding hydrogens is 666 g/mol. The van der Waals surface area contributed by atoms with E-state index in [0.29, 0.717) is 17.0 Å². The molecular formula is C38H39N7O7. The third-order valence-corrected chi connectivity index (χ3v) is 8.38. The summed E-state index contributed by atoms with van der Waals surface area (Å²) in [5.41, 5.74) is 4.60. The number of anilines is 1. The molecule has 3 amide bonds. The summed E-state index contributed by atoms with van der Waals surface area (Å²) >= 11 is 0. The highest BCUT2D eigenvalue weighted by Gasteiger charge is 2.29. The lowest BCUT2D eigenvalue weighted by Crippen LogP contribution is -2.44. The Morgan fingerprint density at radius 3 is 2.21 bits per heavy atom. The molecule has 14 nitrogen and oxygen atoms in total. The molecule has 5 aromatic rings. The van der Waals surface area contributed by atoms with Gasteiger partial charge in [0.1, 0.15) is 37.4 Å². The minimum atomic E-state index is -0.768. The van der Waals surface area contributed by atoms with Crippen molar-refractivity contribution in [3.63, 3.8) is 0 Å². The molecule has 0 unspecified atom stereocenters. The van der Waals surface area contributed by atoms with Crippen molar-refractivity contribution in [3.8, 4) is 16.9 Å². The van der Waals surface area contributed by atoms with E-state index in [1.165, 1.54) is 29.2 Å². The molecule has 3 aromatic carbocycles. The molecule has 1 aliphatic carbocycles. The number of amides is 3. The number of alkyl carbamates (subject to hydrolysis) is 1. The number of ether oxygens (including phenoxy) is 3. The number of fused-ring (bicyclic) bond motifs is 4. The molecule has 14 heteroatoms. The molecule has 0 saturated carbocycles. The summed E-state index contributed by atoms with van der Waals surface area (Å²) in [4.78, 5) is 66.3. The molecule has 268 valence electrons. The first-order chi connectivity index (χ1) is 25.0. The second-order valence-corrected chi connectivity index (χ2v) is 13.1. The summed E-state index contributed by atoms with van der Waals surface area (Å²) in [6.45, 7) is 4.75. The van der Waals surface area contributed by atoms with Crippen molar-refractivity contribution in [1.82, 2.24) is 29.7 Å². The molecule has 0 fully saturated rings. The van der Waals surface area contributed by atoms with Crippen LogP contribution in [-0.4, -0.2) is 87.2 Å². The molecule has 0 atom stereocenters. The summed E-state index contributed by atoms with van der Waals surface area (Å²) in [5, 5.41) is 5.44. The van der Waals surface area contributed by atoms with E-state index in [9.17, 15) is 19.2 Å². The fourth-order valence-corrected chi connectivity index (χ4v) is 6.02. The topological polar surface area (TPSA) is 167 Å². The number of nitrogens with zero attached hydrogens (tertiary/aromatic N) is 5. The molecule has 2 N–H and O–H groups in total. The lowest BCUT2D eigenvalue weighted by Gasteiger charge is -2.25. The maximum atomic E-state index is 13.7. The maximum Gasteiger partial charge on any atom is 0.407 e. The van der Waals surface area contributed by atoms with Crippen LogP contribution in [0.2, 0.25) is 0 Å². The quantitative estimate of drug-likeness (QED) is 0.172. The number of hydrogen-bond donors (Lipinski definition) is 2. The monoisotopic (exact) mass is 705 g/mol. The lowest BCUT2D eigenvalue weighted by molar-refractivity contribution is -0.159. The van der Waals surface area contributed by atoms with Crippen LogP contribution in [0.4, 0.5) is 10.6 Å². The molecule has 0 radical (unpaired) electrons. The highest BCUT2D eigenvalue weighted by atomic mass is 16.6. The number of rotatable bonds is 12. The van der Waals surface area contributed by atoms with Gasteiger partial charge in [-0.25, -0.2) is 19.7 Å². The van der Waals surface area contributed by atoms with Crippen LogP contribution in [0.3, 0.4) is 0 Å². The Balaban J connectivity index is 1.09. The number of benzene rings is 3. The summed E-state index contributed by atoms with van der Waals surface area (Å²) in [7, 11) is 1.54. The Kier molecular flexibility index (Phi) is 10.4. The first-order valence-corrected chi connectivity index (χ1v) is 16.7. The maximum absolute atomic E-state index is 13.7. The molecule has 0 saturated heterocycles. The summed E-state index contributed by atoms with van der Waals surface area (Å²) in [6.07, 6.45) is 2.01. The van der Waals surface area contributed by atoms with E-state index < -0.39 is 29.5 Å². The number of carbonyl (C=O) groups is 4. The first-order valence-electron chi connectivity index (χ1n) is 16.7. The van der Waals surface area contributed by atoms with Crippen LogP contribution < -0.4 is 15.4 Å². The summed E-state index contributed by atoms with van der Waals surface area (Å²) < 4.78 is 17.7. The number of hydrogen-bond acceptors (Lipinski definition) is 10. The van der Waals surface area contributed by atoms with Crippen LogP contribution in [0.25, 0.3) is 22.3 Å². The Hall–Kier alpha value is -6.31. The van der Waals surface area contributed by atoms with Gasteiger partial charge in [0.25, 0.3) is 5.91 Å².